The Labute approximate surface area is 164 Å². The van der Waals surface area contributed by atoms with Crippen molar-refractivity contribution in [3.05, 3.63) is 58.7 Å². The normalized spacial score (nSPS) is 11.3. The Morgan fingerprint density at radius 2 is 1.66 bits per heavy atom. The Morgan fingerprint density at radius 1 is 1.03 bits per heavy atom. The monoisotopic (exact) mass is 421 g/mol. The number of hydrogen-bond donors (Lipinski definition) is 6. The second-order valence-electron chi connectivity index (χ2n) is 5.42. The van der Waals surface area contributed by atoms with Crippen LogP contribution in [0.15, 0.2) is 45.7 Å². The zero-order chi connectivity index (χ0) is 21.6. The van der Waals surface area contributed by atoms with Gasteiger partial charge in [-0.2, -0.15) is 23.9 Å². The van der Waals surface area contributed by atoms with E-state index in [1.807, 2.05) is 5.53 Å². The van der Waals surface area contributed by atoms with Crippen LogP contribution in [0.4, 0.5) is 5.69 Å². The molecule has 13 heteroatoms. The summed E-state index contributed by atoms with van der Waals surface area (Å²) in [5.74, 6) is 2.27. The van der Waals surface area contributed by atoms with E-state index in [2.05, 4.69) is 15.4 Å². The second kappa shape index (κ2) is 9.03. The number of anilines is 1. The highest BCUT2D eigenvalue weighted by Crippen LogP contribution is 2.21. The van der Waals surface area contributed by atoms with Crippen LogP contribution in [0.5, 0.6) is 0 Å². The fourth-order valence-corrected chi connectivity index (χ4v) is 3.06. The molecule has 0 saturated carbocycles. The summed E-state index contributed by atoms with van der Waals surface area (Å²) < 4.78 is 28.4. The van der Waals surface area contributed by atoms with Crippen LogP contribution in [0, 0.1) is 0 Å². The molecule has 0 aliphatic rings. The van der Waals surface area contributed by atoms with Crippen molar-refractivity contribution in [1.29, 1.82) is 0 Å². The van der Waals surface area contributed by atoms with E-state index in [1.54, 1.807) is 0 Å². The molecule has 2 rings (SSSR count). The number of nitrogens with one attached hydrogen (secondary N) is 3. The van der Waals surface area contributed by atoms with E-state index in [0.29, 0.717) is 6.29 Å². The van der Waals surface area contributed by atoms with E-state index in [-0.39, 0.29) is 32.8 Å². The number of hydrazine groups is 3. The molecule has 2 aromatic rings. The van der Waals surface area contributed by atoms with Crippen molar-refractivity contribution in [3.63, 3.8) is 0 Å². The number of carbonyl (C=O) groups excluding carboxylic acids is 1. The smallest absolute Gasteiger partial charge is 0.335 e. The van der Waals surface area contributed by atoms with Crippen molar-refractivity contribution in [2.75, 3.05) is 5.43 Å². The predicted octanol–water partition coefficient (Wildman–Crippen LogP) is -0.00190. The van der Waals surface area contributed by atoms with Gasteiger partial charge in [0.25, 0.3) is 10.0 Å². The minimum atomic E-state index is -4.26. The first-order valence-electron chi connectivity index (χ1n) is 7.66. The quantitative estimate of drug-likeness (QED) is 0.138. The van der Waals surface area contributed by atoms with Crippen molar-refractivity contribution in [3.8, 4) is 0 Å². The molecular formula is C16H15N5O7S. The van der Waals surface area contributed by atoms with Gasteiger partial charge in [-0.3, -0.25) is 10.6 Å². The number of sulfonamides is 1. The highest BCUT2D eigenvalue weighted by Gasteiger charge is 2.16. The fraction of sp³-hybridized carbons (Fsp3) is 0. The number of aldehydes is 1. The maximum absolute atomic E-state index is 12.5. The third-order valence-electron chi connectivity index (χ3n) is 3.51. The molecule has 0 aromatic heterocycles. The summed E-state index contributed by atoms with van der Waals surface area (Å²) in [6, 6.07) is 6.60. The molecule has 0 atom stereocenters. The molecule has 0 bridgehead atoms. The van der Waals surface area contributed by atoms with Crippen LogP contribution in [0.1, 0.15) is 36.6 Å². The summed E-state index contributed by atoms with van der Waals surface area (Å²) in [5.41, 5.74) is 6.31. The Morgan fingerprint density at radius 3 is 2.17 bits per heavy atom. The Balaban J connectivity index is 2.43. The zero-order valence-electron chi connectivity index (χ0n) is 14.5. The molecular weight excluding hydrogens is 406 g/mol. The van der Waals surface area contributed by atoms with Gasteiger partial charge in [0.1, 0.15) is 0 Å². The van der Waals surface area contributed by atoms with E-state index < -0.39 is 22.0 Å². The molecule has 0 saturated heterocycles. The summed E-state index contributed by atoms with van der Waals surface area (Å²) in [5, 5.41) is 18.1. The number of carboxylic acids is 2. The summed E-state index contributed by atoms with van der Waals surface area (Å²) >= 11 is 0. The number of aromatic carboxylic acids is 2. The maximum Gasteiger partial charge on any atom is 0.335 e. The minimum absolute atomic E-state index is 0.0391. The molecule has 0 unspecified atom stereocenters. The molecule has 2 aromatic carbocycles. The van der Waals surface area contributed by atoms with Crippen LogP contribution in [0.3, 0.4) is 0 Å². The molecule has 152 valence electrons. The average Bonchev–Trinajstić information content (AvgIpc) is 2.70. The summed E-state index contributed by atoms with van der Waals surface area (Å²) in [7, 11) is -4.26. The van der Waals surface area contributed by atoms with E-state index in [4.69, 9.17) is 16.1 Å². The molecule has 0 amide bonds. The van der Waals surface area contributed by atoms with Crippen LogP contribution >= 0.6 is 0 Å². The number of nitrogens with two attached hydrogens (primary N) is 1. The van der Waals surface area contributed by atoms with Crippen molar-refractivity contribution in [1.82, 2.24) is 11.1 Å². The van der Waals surface area contributed by atoms with Crippen LogP contribution < -0.4 is 22.3 Å². The van der Waals surface area contributed by atoms with Gasteiger partial charge in [0, 0.05) is 11.8 Å². The van der Waals surface area contributed by atoms with Crippen LogP contribution in [-0.4, -0.2) is 43.1 Å². The average molecular weight is 421 g/mol. The summed E-state index contributed by atoms with van der Waals surface area (Å²) in [6.45, 7) is 0. The molecule has 0 fully saturated rings. The third kappa shape index (κ3) is 5.43. The van der Waals surface area contributed by atoms with Gasteiger partial charge in [0.15, 0.2) is 6.29 Å². The van der Waals surface area contributed by atoms with Crippen molar-refractivity contribution in [2.24, 2.45) is 10.2 Å². The van der Waals surface area contributed by atoms with Gasteiger partial charge in [-0.25, -0.2) is 9.59 Å². The lowest BCUT2D eigenvalue weighted by atomic mass is 10.1. The molecule has 0 heterocycles. The number of hydrogen-bond acceptors (Lipinski definition) is 9. The molecule has 12 nitrogen and oxygen atoms in total. The molecule has 0 aliphatic heterocycles. The van der Waals surface area contributed by atoms with Crippen LogP contribution in [-0.2, 0) is 10.0 Å². The Hall–Kier alpha value is -3.65. The topological polar surface area (TPSA) is 200 Å². The van der Waals surface area contributed by atoms with Gasteiger partial charge in [-0.1, -0.05) is 0 Å². The Bertz CT molecular complexity index is 1070. The van der Waals surface area contributed by atoms with E-state index in [1.165, 1.54) is 6.07 Å². The zero-order valence-corrected chi connectivity index (χ0v) is 15.3. The largest absolute Gasteiger partial charge is 0.478 e. The number of rotatable bonds is 9. The lowest BCUT2D eigenvalue weighted by Crippen LogP contribution is -2.41. The molecule has 0 spiro atoms. The van der Waals surface area contributed by atoms with Gasteiger partial charge >= 0.3 is 11.9 Å². The van der Waals surface area contributed by atoms with Gasteiger partial charge < -0.3 is 15.6 Å². The number of carbonyl (C=O) groups is 3. The standard InChI is InChI=1S/C16H15N5O7S/c17-20-21-19-14-6-13(2-1-10(14)8-22)29(27,28)18-7-9-3-11(15(23)24)5-12(4-9)16(25)26/h1-8,19-21H,17H2,(H,23,24)(H,25,26). The lowest BCUT2D eigenvalue weighted by molar-refractivity contribution is 0.0696. The second-order valence-corrected chi connectivity index (χ2v) is 7.06. The van der Waals surface area contributed by atoms with E-state index >= 15 is 0 Å². The molecule has 0 radical (unpaired) electrons. The minimum Gasteiger partial charge on any atom is -0.478 e. The molecule has 7 N–H and O–H groups in total. The lowest BCUT2D eigenvalue weighted by Gasteiger charge is -2.10. The van der Waals surface area contributed by atoms with E-state index in [9.17, 15) is 22.8 Å². The summed E-state index contributed by atoms with van der Waals surface area (Å²) in [6.07, 6.45) is 1.32. The predicted molar refractivity (Wildman–Crippen MR) is 101 cm³/mol. The summed E-state index contributed by atoms with van der Waals surface area (Å²) in [4.78, 5) is 33.0. The SMILES string of the molecule is NNNNc1cc(S(=O)(=O)N=Cc2cc(C(=O)O)cc(C(=O)O)c2)ccc1C=O. The van der Waals surface area contributed by atoms with Gasteiger partial charge in [-0.15, -0.1) is 0 Å². The Kier molecular flexibility index (Phi) is 6.74. The number of nitrogens with zero attached hydrogens (tertiary/aromatic N) is 1. The van der Waals surface area contributed by atoms with Crippen LogP contribution in [0.25, 0.3) is 0 Å². The highest BCUT2D eigenvalue weighted by molar-refractivity contribution is 7.90. The number of benzene rings is 2. The maximum atomic E-state index is 12.5. The molecule has 0 aliphatic carbocycles. The first kappa shape index (κ1) is 21.6. The van der Waals surface area contributed by atoms with Gasteiger partial charge in [-0.05, 0) is 42.0 Å². The van der Waals surface area contributed by atoms with Crippen molar-refractivity contribution in [2.45, 2.75) is 4.90 Å². The van der Waals surface area contributed by atoms with Crippen LogP contribution in [0.2, 0.25) is 0 Å². The third-order valence-corrected chi connectivity index (χ3v) is 4.74. The van der Waals surface area contributed by atoms with Crippen molar-refractivity contribution >= 4 is 40.2 Å². The first-order valence-corrected chi connectivity index (χ1v) is 9.10. The fourth-order valence-electron chi connectivity index (χ4n) is 2.17. The number of carboxylic acid groups (broad SMARTS) is 2. The molecule has 29 heavy (non-hydrogen) atoms. The van der Waals surface area contributed by atoms with Crippen molar-refractivity contribution < 1.29 is 33.0 Å². The van der Waals surface area contributed by atoms with Gasteiger partial charge in [0.2, 0.25) is 0 Å². The van der Waals surface area contributed by atoms with E-state index in [0.717, 1.165) is 36.5 Å². The first-order chi connectivity index (χ1) is 13.7. The highest BCUT2D eigenvalue weighted by atomic mass is 32.2. The van der Waals surface area contributed by atoms with Gasteiger partial charge in [0.05, 0.1) is 21.7 Å².